The fraction of sp³-hybridized carbons (Fsp3) is 0.548. The fourth-order valence-corrected chi connectivity index (χ4v) is 10.8. The molecule has 6 fully saturated rings. The number of ether oxygens (including phenoxy) is 3. The molecule has 1 N–H and O–H groups in total. The van der Waals surface area contributed by atoms with E-state index in [-0.39, 0.29) is 66.0 Å². The molecule has 8 aliphatic rings. The number of aryl methyl sites for hydroxylation is 1. The lowest BCUT2D eigenvalue weighted by atomic mass is 9.73. The van der Waals surface area contributed by atoms with Gasteiger partial charge in [0.2, 0.25) is 0 Å². The zero-order chi connectivity index (χ0) is 40.0. The predicted octanol–water partition coefficient (Wildman–Crippen LogP) is 7.55. The number of fused-ring (bicyclic) bond motifs is 8. The summed E-state index contributed by atoms with van der Waals surface area (Å²) in [5, 5.41) is 4.59. The summed E-state index contributed by atoms with van der Waals surface area (Å²) >= 11 is 0. The Morgan fingerprint density at radius 1 is 1.05 bits per heavy atom. The number of aromatic nitrogens is 3. The van der Waals surface area contributed by atoms with Crippen LogP contribution in [0.25, 0.3) is 32.9 Å². The van der Waals surface area contributed by atoms with Gasteiger partial charge in [0.25, 0.3) is 0 Å². The summed E-state index contributed by atoms with van der Waals surface area (Å²) in [6, 6.07) is 8.51. The van der Waals surface area contributed by atoms with Gasteiger partial charge in [-0.05, 0) is 119 Å². The molecule has 9 heterocycles. The van der Waals surface area contributed by atoms with E-state index in [0.717, 1.165) is 49.2 Å². The van der Waals surface area contributed by atoms with E-state index in [2.05, 4.69) is 10.2 Å². The van der Waals surface area contributed by atoms with Gasteiger partial charge in [-0.15, -0.1) is 0 Å². The molecular weight excluding hydrogens is 758 g/mol. The number of carbonyl (C=O) groups is 2. The summed E-state index contributed by atoms with van der Waals surface area (Å²) < 4.78 is 78.1. The number of hydrogen-bond acceptors (Lipinski definition) is 10. The third kappa shape index (κ3) is 6.07. The molecule has 1 unspecified atom stereocenters. The van der Waals surface area contributed by atoms with E-state index in [1.54, 1.807) is 18.2 Å². The number of hydrogen-bond donors (Lipinski definition) is 1. The summed E-state index contributed by atoms with van der Waals surface area (Å²) in [6.07, 6.45) is 1.41. The van der Waals surface area contributed by atoms with E-state index in [4.69, 9.17) is 29.2 Å². The number of alkyl halides is 3. The number of anilines is 1. The second-order valence-corrected chi connectivity index (χ2v) is 17.4. The fourth-order valence-electron chi connectivity index (χ4n) is 10.8. The second kappa shape index (κ2) is 13.5. The topological polar surface area (TPSA) is 122 Å². The summed E-state index contributed by atoms with van der Waals surface area (Å²) in [7, 11) is 0. The smallest absolute Gasteiger partial charge is 0.416 e. The Kier molecular flexibility index (Phi) is 8.70. The van der Waals surface area contributed by atoms with Gasteiger partial charge in [0, 0.05) is 31.4 Å². The van der Waals surface area contributed by atoms with Crippen molar-refractivity contribution in [3.63, 3.8) is 0 Å². The molecule has 4 aromatic rings. The summed E-state index contributed by atoms with van der Waals surface area (Å²) in [5.74, 6) is -0.611. The Morgan fingerprint density at radius 2 is 1.84 bits per heavy atom. The van der Waals surface area contributed by atoms with Gasteiger partial charge in [-0.25, -0.2) is 14.0 Å². The molecule has 306 valence electrons. The van der Waals surface area contributed by atoms with Crippen LogP contribution in [0.5, 0.6) is 11.8 Å². The van der Waals surface area contributed by atoms with Crippen molar-refractivity contribution < 1.29 is 41.4 Å². The molecule has 2 aromatic heterocycles. The Labute approximate surface area is 332 Å². The lowest BCUT2D eigenvalue weighted by Crippen LogP contribution is -2.59. The van der Waals surface area contributed by atoms with Crippen molar-refractivity contribution in [2.75, 3.05) is 50.8 Å². The number of benzene rings is 2. The van der Waals surface area contributed by atoms with E-state index in [1.165, 1.54) is 12.3 Å². The lowest BCUT2D eigenvalue weighted by molar-refractivity contribution is -0.231. The normalized spacial score (nSPS) is 26.7. The van der Waals surface area contributed by atoms with Gasteiger partial charge in [0.05, 0.1) is 23.1 Å². The molecule has 5 saturated heterocycles. The number of piperidine rings is 1. The van der Waals surface area contributed by atoms with Crippen LogP contribution in [0.2, 0.25) is 0 Å². The first-order valence-corrected chi connectivity index (χ1v) is 20.4. The largest absolute Gasteiger partial charge is 0.461 e. The molecule has 16 heteroatoms. The van der Waals surface area contributed by atoms with Crippen LogP contribution in [0.3, 0.4) is 0 Å². The Morgan fingerprint density at radius 3 is 2.64 bits per heavy atom. The molecule has 1 atom stereocenters. The first kappa shape index (κ1) is 37.3. The number of rotatable bonds is 4. The second-order valence-electron chi connectivity index (χ2n) is 17.4. The van der Waals surface area contributed by atoms with Gasteiger partial charge in [-0.3, -0.25) is 14.8 Å². The monoisotopic (exact) mass is 803 g/mol. The van der Waals surface area contributed by atoms with Crippen molar-refractivity contribution in [3.8, 4) is 23.0 Å². The van der Waals surface area contributed by atoms with Crippen molar-refractivity contribution in [2.24, 2.45) is 5.92 Å². The molecule has 0 spiro atoms. The quantitative estimate of drug-likeness (QED) is 0.207. The van der Waals surface area contributed by atoms with Crippen LogP contribution >= 0.6 is 0 Å². The number of nitrogens with zero attached hydrogens (tertiary/aromatic N) is 6. The minimum absolute atomic E-state index is 0.0156. The lowest BCUT2D eigenvalue weighted by Gasteiger charge is -2.42. The number of pyridine rings is 1. The van der Waals surface area contributed by atoms with E-state index in [9.17, 15) is 22.8 Å². The predicted molar refractivity (Wildman–Crippen MR) is 205 cm³/mol. The van der Waals surface area contributed by atoms with E-state index < -0.39 is 35.3 Å². The molecule has 12 rings (SSSR count). The minimum atomic E-state index is -4.60. The SMILES string of the molecule is CC12CCCN(C1)c1nc(OCC34CCCN3CCC4)nc3c(F)c(ncc13)-c1cc(OC(=O)N3CC4CC3(C(F)(F)F)C4)cc3cccc(c13)CCCOC(=O)N2. The first-order chi connectivity index (χ1) is 27.8. The number of amides is 2. The van der Waals surface area contributed by atoms with Crippen molar-refractivity contribution in [1.82, 2.24) is 30.1 Å². The maximum atomic E-state index is 17.6. The molecule has 7 aliphatic heterocycles. The standard InChI is InChI=1S/C42H45F4N7O5/c1-39-10-4-13-51(23-39)35-30-21-47-33(32(43)34(30)48-36(49-35)57-24-40-11-5-14-52(40)15-6-12-40)29-18-28(58-38(55)53-22-25-19-41(53,20-25)42(44,45)46)17-27-8-2-7-26(31(27)29)9-3-16-56-37(54)50-39/h2,7-8,17-18,21,25H,3-6,9-16,19-20,22-24H2,1H3,(H,50,54). The van der Waals surface area contributed by atoms with Gasteiger partial charge in [-0.1, -0.05) is 18.2 Å². The van der Waals surface area contributed by atoms with Crippen molar-refractivity contribution in [2.45, 2.75) is 93.9 Å². The summed E-state index contributed by atoms with van der Waals surface area (Å²) in [6.45, 7) is 5.33. The highest BCUT2D eigenvalue weighted by molar-refractivity contribution is 6.02. The Balaban J connectivity index is 1.11. The highest BCUT2D eigenvalue weighted by Gasteiger charge is 2.71. The van der Waals surface area contributed by atoms with E-state index in [0.29, 0.717) is 67.4 Å². The summed E-state index contributed by atoms with van der Waals surface area (Å²) in [4.78, 5) is 46.2. The van der Waals surface area contributed by atoms with Gasteiger partial charge >= 0.3 is 24.4 Å². The molecule has 58 heavy (non-hydrogen) atoms. The minimum Gasteiger partial charge on any atom is -0.461 e. The van der Waals surface area contributed by atoms with Gasteiger partial charge < -0.3 is 24.4 Å². The van der Waals surface area contributed by atoms with Crippen molar-refractivity contribution in [1.29, 1.82) is 0 Å². The number of carbonyl (C=O) groups excluding carboxylic acids is 2. The molecule has 0 radical (unpaired) electrons. The van der Waals surface area contributed by atoms with Crippen LogP contribution in [0.15, 0.2) is 36.5 Å². The first-order valence-electron chi connectivity index (χ1n) is 20.4. The zero-order valence-corrected chi connectivity index (χ0v) is 32.3. The molecule has 8 bridgehead atoms. The molecular formula is C42H45F4N7O5. The average Bonchev–Trinajstić information content (AvgIpc) is 3.95. The van der Waals surface area contributed by atoms with E-state index >= 15 is 4.39 Å². The summed E-state index contributed by atoms with van der Waals surface area (Å²) in [5.41, 5.74) is -2.08. The van der Waals surface area contributed by atoms with E-state index in [1.807, 2.05) is 17.9 Å². The maximum absolute atomic E-state index is 17.6. The zero-order valence-electron chi connectivity index (χ0n) is 32.3. The molecule has 1 saturated carbocycles. The van der Waals surface area contributed by atoms with Crippen molar-refractivity contribution >= 4 is 39.7 Å². The molecule has 2 aromatic carbocycles. The molecule has 1 aliphatic carbocycles. The van der Waals surface area contributed by atoms with Crippen LogP contribution < -0.4 is 19.7 Å². The average molecular weight is 804 g/mol. The Bertz CT molecular complexity index is 2330. The van der Waals surface area contributed by atoms with Crippen molar-refractivity contribution in [3.05, 3.63) is 47.9 Å². The molecule has 2 amide bonds. The number of nitrogens with one attached hydrogen (secondary N) is 1. The number of alkyl carbamates (subject to hydrolysis) is 1. The third-order valence-electron chi connectivity index (χ3n) is 13.6. The Hall–Kier alpha value is -4.99. The maximum Gasteiger partial charge on any atom is 0.416 e. The van der Waals surface area contributed by atoms with Gasteiger partial charge in [-0.2, -0.15) is 23.1 Å². The highest BCUT2D eigenvalue weighted by Crippen LogP contribution is 2.58. The highest BCUT2D eigenvalue weighted by atomic mass is 19.4. The van der Waals surface area contributed by atoms with Crippen LogP contribution in [0.4, 0.5) is 33.0 Å². The van der Waals surface area contributed by atoms with Gasteiger partial charge in [0.15, 0.2) is 5.82 Å². The third-order valence-corrected chi connectivity index (χ3v) is 13.6. The van der Waals surface area contributed by atoms with Crippen LogP contribution in [-0.4, -0.2) is 106 Å². The van der Waals surface area contributed by atoms with Crippen LogP contribution in [-0.2, 0) is 11.2 Å². The van der Waals surface area contributed by atoms with Crippen LogP contribution in [0, 0.1) is 11.7 Å². The van der Waals surface area contributed by atoms with Gasteiger partial charge in [0.1, 0.15) is 34.9 Å². The molecule has 12 nitrogen and oxygen atoms in total. The van der Waals surface area contributed by atoms with Crippen LogP contribution in [0.1, 0.15) is 70.3 Å². The number of halogens is 4.